The van der Waals surface area contributed by atoms with Gasteiger partial charge in [0.15, 0.2) is 0 Å². The molecule has 0 radical (unpaired) electrons. The van der Waals surface area contributed by atoms with E-state index in [-0.39, 0.29) is 5.91 Å². The topological polar surface area (TPSA) is 29.1 Å². The number of thiol groups is 1. The molecule has 0 spiro atoms. The first kappa shape index (κ1) is 11.7. The highest BCUT2D eigenvalue weighted by atomic mass is 32.1. The van der Waals surface area contributed by atoms with Crippen molar-refractivity contribution in [1.29, 1.82) is 0 Å². The first-order chi connectivity index (χ1) is 6.94. The van der Waals surface area contributed by atoms with Crippen molar-refractivity contribution in [3.05, 3.63) is 29.8 Å². The second-order valence-corrected chi connectivity index (χ2v) is 4.29. The Balaban J connectivity index is 2.84. The predicted molar refractivity (Wildman–Crippen MR) is 64.1 cm³/mol. The maximum Gasteiger partial charge on any atom is 0.252 e. The van der Waals surface area contributed by atoms with E-state index in [1.165, 1.54) is 0 Å². The summed E-state index contributed by atoms with van der Waals surface area (Å²) < 4.78 is 0. The first-order valence-electron chi connectivity index (χ1n) is 4.54. The van der Waals surface area contributed by atoms with Crippen LogP contribution in [0.4, 0.5) is 0 Å². The summed E-state index contributed by atoms with van der Waals surface area (Å²) >= 11 is 4.16. The highest BCUT2D eigenvalue weighted by molar-refractivity contribution is 7.80. The first-order valence-corrected chi connectivity index (χ1v) is 4.98. The Morgan fingerprint density at radius 1 is 1.53 bits per heavy atom. The van der Waals surface area contributed by atoms with Crippen LogP contribution in [0.3, 0.4) is 0 Å². The molecule has 1 amide bonds. The summed E-state index contributed by atoms with van der Waals surface area (Å²) in [6.45, 7) is 3.55. The van der Waals surface area contributed by atoms with Crippen molar-refractivity contribution < 1.29 is 4.79 Å². The van der Waals surface area contributed by atoms with Crippen molar-refractivity contribution >= 4 is 18.5 Å². The molecule has 0 saturated heterocycles. The van der Waals surface area contributed by atoms with Gasteiger partial charge in [-0.1, -0.05) is 12.0 Å². The van der Waals surface area contributed by atoms with Gasteiger partial charge >= 0.3 is 0 Å². The van der Waals surface area contributed by atoms with E-state index in [2.05, 4.69) is 23.9 Å². The van der Waals surface area contributed by atoms with Crippen molar-refractivity contribution in [2.75, 3.05) is 0 Å². The fraction of sp³-hybridized carbons (Fsp3) is 0.250. The molecule has 1 N–H and O–H groups in total. The van der Waals surface area contributed by atoms with Crippen LogP contribution >= 0.6 is 12.6 Å². The quantitative estimate of drug-likeness (QED) is 0.579. The van der Waals surface area contributed by atoms with Gasteiger partial charge in [0, 0.05) is 10.5 Å². The molecule has 3 heteroatoms. The number of hydrogen-bond acceptors (Lipinski definition) is 2. The van der Waals surface area contributed by atoms with Crippen LogP contribution in [-0.4, -0.2) is 11.4 Å². The van der Waals surface area contributed by atoms with Gasteiger partial charge in [0.05, 0.1) is 5.54 Å². The van der Waals surface area contributed by atoms with Crippen LogP contribution in [0.2, 0.25) is 0 Å². The number of terminal acetylenes is 1. The van der Waals surface area contributed by atoms with Crippen molar-refractivity contribution in [1.82, 2.24) is 5.32 Å². The minimum atomic E-state index is -0.635. The van der Waals surface area contributed by atoms with E-state index in [1.54, 1.807) is 32.0 Å². The second kappa shape index (κ2) is 4.41. The van der Waals surface area contributed by atoms with Crippen molar-refractivity contribution in [3.63, 3.8) is 0 Å². The Morgan fingerprint density at radius 3 is 2.73 bits per heavy atom. The van der Waals surface area contributed by atoms with Gasteiger partial charge in [-0.2, -0.15) is 0 Å². The predicted octanol–water partition coefficient (Wildman–Crippen LogP) is 2.12. The summed E-state index contributed by atoms with van der Waals surface area (Å²) in [5, 5.41) is 2.74. The van der Waals surface area contributed by atoms with E-state index in [1.807, 2.05) is 6.07 Å². The lowest BCUT2D eigenvalue weighted by Gasteiger charge is -2.19. The molecular formula is C12H13NOS. The molecule has 1 rings (SSSR count). The molecule has 0 aliphatic carbocycles. The number of hydrogen-bond donors (Lipinski definition) is 2. The Hall–Kier alpha value is -1.40. The Kier molecular flexibility index (Phi) is 3.43. The molecule has 78 valence electrons. The molecule has 0 saturated carbocycles. The van der Waals surface area contributed by atoms with Gasteiger partial charge in [-0.3, -0.25) is 4.79 Å². The third kappa shape index (κ3) is 3.34. The van der Waals surface area contributed by atoms with Gasteiger partial charge in [0.2, 0.25) is 0 Å². The highest BCUT2D eigenvalue weighted by Gasteiger charge is 2.17. The van der Waals surface area contributed by atoms with Gasteiger partial charge in [-0.25, -0.2) is 0 Å². The molecule has 0 aliphatic rings. The minimum Gasteiger partial charge on any atom is -0.336 e. The SMILES string of the molecule is C#CC(C)(C)NC(=O)c1cccc(S)c1. The summed E-state index contributed by atoms with van der Waals surface area (Å²) in [5.41, 5.74) is -0.0743. The summed E-state index contributed by atoms with van der Waals surface area (Å²) in [6, 6.07) is 7.01. The zero-order valence-electron chi connectivity index (χ0n) is 8.74. The maximum absolute atomic E-state index is 11.7. The number of nitrogens with one attached hydrogen (secondary N) is 1. The molecule has 0 unspecified atom stereocenters. The van der Waals surface area contributed by atoms with E-state index in [0.29, 0.717) is 5.56 Å². The number of rotatable bonds is 2. The molecule has 0 fully saturated rings. The second-order valence-electron chi connectivity index (χ2n) is 3.77. The third-order valence-corrected chi connectivity index (χ3v) is 2.17. The van der Waals surface area contributed by atoms with Crippen molar-refractivity contribution in [2.45, 2.75) is 24.3 Å². The number of carbonyl (C=O) groups is 1. The van der Waals surface area contributed by atoms with E-state index < -0.39 is 5.54 Å². The van der Waals surface area contributed by atoms with Gasteiger partial charge in [-0.05, 0) is 32.0 Å². The summed E-state index contributed by atoms with van der Waals surface area (Å²) in [5.74, 6) is 2.32. The Morgan fingerprint density at radius 2 is 2.20 bits per heavy atom. The van der Waals surface area contributed by atoms with Gasteiger partial charge in [0.25, 0.3) is 5.91 Å². The van der Waals surface area contributed by atoms with Gasteiger partial charge in [0.1, 0.15) is 0 Å². The molecule has 0 atom stereocenters. The molecule has 0 heterocycles. The summed E-state index contributed by atoms with van der Waals surface area (Å²) in [6.07, 6.45) is 5.28. The Labute approximate surface area is 95.5 Å². The van der Waals surface area contributed by atoms with Gasteiger partial charge in [-0.15, -0.1) is 19.1 Å². The lowest BCUT2D eigenvalue weighted by Crippen LogP contribution is -2.42. The Bertz CT molecular complexity index is 418. The van der Waals surface area contributed by atoms with E-state index in [9.17, 15) is 4.79 Å². The number of amides is 1. The summed E-state index contributed by atoms with van der Waals surface area (Å²) in [7, 11) is 0. The van der Waals surface area contributed by atoms with Crippen LogP contribution in [0.25, 0.3) is 0 Å². The van der Waals surface area contributed by atoms with Crippen molar-refractivity contribution in [3.8, 4) is 12.3 Å². The normalized spacial score (nSPS) is 10.5. The molecule has 1 aromatic rings. The molecule has 0 aromatic heterocycles. The van der Waals surface area contributed by atoms with E-state index >= 15 is 0 Å². The fourth-order valence-electron chi connectivity index (χ4n) is 1.04. The zero-order chi connectivity index (χ0) is 11.5. The molecule has 2 nitrogen and oxygen atoms in total. The molecule has 0 bridgehead atoms. The van der Waals surface area contributed by atoms with Crippen LogP contribution in [-0.2, 0) is 0 Å². The van der Waals surface area contributed by atoms with Crippen molar-refractivity contribution in [2.24, 2.45) is 0 Å². The van der Waals surface area contributed by atoms with Crippen LogP contribution in [0.1, 0.15) is 24.2 Å². The monoisotopic (exact) mass is 219 g/mol. The lowest BCUT2D eigenvalue weighted by atomic mass is 10.1. The number of carbonyl (C=O) groups excluding carboxylic acids is 1. The van der Waals surface area contributed by atoms with Crippen LogP contribution in [0.5, 0.6) is 0 Å². The highest BCUT2D eigenvalue weighted by Crippen LogP contribution is 2.10. The lowest BCUT2D eigenvalue weighted by molar-refractivity contribution is 0.0929. The molecule has 15 heavy (non-hydrogen) atoms. The van der Waals surface area contributed by atoms with Crippen LogP contribution in [0.15, 0.2) is 29.2 Å². The van der Waals surface area contributed by atoms with E-state index in [0.717, 1.165) is 4.90 Å². The number of benzene rings is 1. The average Bonchev–Trinajstić information content (AvgIpc) is 2.17. The van der Waals surface area contributed by atoms with Crippen LogP contribution in [0, 0.1) is 12.3 Å². The van der Waals surface area contributed by atoms with Gasteiger partial charge < -0.3 is 5.32 Å². The molecule has 1 aromatic carbocycles. The fourth-order valence-corrected chi connectivity index (χ4v) is 1.26. The molecule has 0 aliphatic heterocycles. The zero-order valence-corrected chi connectivity index (χ0v) is 9.64. The molecular weight excluding hydrogens is 206 g/mol. The van der Waals surface area contributed by atoms with Crippen LogP contribution < -0.4 is 5.32 Å². The maximum atomic E-state index is 11.7. The standard InChI is InChI=1S/C12H13NOS/c1-4-12(2,3)13-11(14)9-6-5-7-10(15)8-9/h1,5-8,15H,2-3H3,(H,13,14). The largest absolute Gasteiger partial charge is 0.336 e. The third-order valence-electron chi connectivity index (χ3n) is 1.90. The smallest absolute Gasteiger partial charge is 0.252 e. The average molecular weight is 219 g/mol. The minimum absolute atomic E-state index is 0.186. The summed E-state index contributed by atoms with van der Waals surface area (Å²) in [4.78, 5) is 12.5. The van der Waals surface area contributed by atoms with E-state index in [4.69, 9.17) is 6.42 Å².